The Bertz CT molecular complexity index is 2030. The molecule has 6 nitrogen and oxygen atoms in total. The molecule has 3 heterocycles. The van der Waals surface area contributed by atoms with Crippen molar-refractivity contribution in [1.29, 1.82) is 0 Å². The summed E-state index contributed by atoms with van der Waals surface area (Å²) in [5.41, 5.74) is 6.98. The monoisotopic (exact) mass is 558 g/mol. The highest BCUT2D eigenvalue weighted by molar-refractivity contribution is 7.07. The van der Waals surface area contributed by atoms with E-state index in [1.54, 1.807) is 32.2 Å². The number of ketones is 1. The second-order valence-electron chi connectivity index (χ2n) is 10.2. The molecule has 7 rings (SSSR count). The summed E-state index contributed by atoms with van der Waals surface area (Å²) in [4.78, 5) is 31.4. The minimum absolute atomic E-state index is 0.0187. The summed E-state index contributed by atoms with van der Waals surface area (Å²) in [6.07, 6.45) is 3.53. The highest BCUT2D eigenvalue weighted by Crippen LogP contribution is 2.41. The van der Waals surface area contributed by atoms with Gasteiger partial charge in [0.1, 0.15) is 17.3 Å². The fourth-order valence-corrected chi connectivity index (χ4v) is 6.67. The molecule has 0 saturated heterocycles. The van der Waals surface area contributed by atoms with Gasteiger partial charge in [-0.15, -0.1) is 0 Å². The van der Waals surface area contributed by atoms with Crippen molar-refractivity contribution in [2.24, 2.45) is 4.99 Å². The normalized spacial score (nSPS) is 16.0. The quantitative estimate of drug-likeness (QED) is 0.256. The molecule has 0 amide bonds. The molecule has 202 valence electrons. The Hall–Kier alpha value is -4.75. The van der Waals surface area contributed by atoms with Gasteiger partial charge in [0.25, 0.3) is 5.56 Å². The van der Waals surface area contributed by atoms with Gasteiger partial charge in [-0.25, -0.2) is 4.99 Å². The first-order chi connectivity index (χ1) is 20.0. The Morgan fingerprint density at radius 1 is 1.00 bits per heavy atom. The number of ether oxygens (including phenoxy) is 1. The fourth-order valence-electron chi connectivity index (χ4n) is 5.69. The number of allylic oxidation sites excluding steroid dienone is 1. The van der Waals surface area contributed by atoms with Crippen molar-refractivity contribution in [2.45, 2.75) is 25.8 Å². The van der Waals surface area contributed by atoms with Crippen LogP contribution >= 0.6 is 11.3 Å². The zero-order chi connectivity index (χ0) is 28.1. The molecule has 2 aromatic heterocycles. The summed E-state index contributed by atoms with van der Waals surface area (Å²) < 4.78 is 13.9. The van der Waals surface area contributed by atoms with E-state index in [4.69, 9.17) is 14.1 Å². The number of carbonyl (C=O) groups is 1. The fraction of sp³-hybridized carbons (Fsp3) is 0.147. The minimum atomic E-state index is -0.255. The number of benzene rings is 3. The van der Waals surface area contributed by atoms with Gasteiger partial charge in [0, 0.05) is 22.8 Å². The summed E-state index contributed by atoms with van der Waals surface area (Å²) >= 11 is 1.38. The van der Waals surface area contributed by atoms with Gasteiger partial charge in [-0.1, -0.05) is 72.0 Å². The first-order valence-electron chi connectivity index (χ1n) is 13.5. The van der Waals surface area contributed by atoms with Crippen LogP contribution in [0.3, 0.4) is 0 Å². The Morgan fingerprint density at radius 2 is 1.78 bits per heavy atom. The van der Waals surface area contributed by atoms with Crippen LogP contribution in [0.5, 0.6) is 5.75 Å². The Morgan fingerprint density at radius 3 is 2.54 bits per heavy atom. The number of fused-ring (bicyclic) bond motifs is 3. The van der Waals surface area contributed by atoms with E-state index in [1.807, 2.05) is 59.2 Å². The molecule has 1 aliphatic carbocycles. The van der Waals surface area contributed by atoms with Gasteiger partial charge in [0.05, 0.1) is 23.4 Å². The maximum Gasteiger partial charge on any atom is 0.271 e. The Kier molecular flexibility index (Phi) is 6.16. The summed E-state index contributed by atoms with van der Waals surface area (Å²) in [5.74, 6) is 2.04. The number of Topliss-reactive ketones (excluding diaryl/α,β-unsaturated/α-hetero) is 1. The van der Waals surface area contributed by atoms with Crippen molar-refractivity contribution < 1.29 is 13.9 Å². The van der Waals surface area contributed by atoms with E-state index < -0.39 is 0 Å². The summed E-state index contributed by atoms with van der Waals surface area (Å²) in [6.45, 7) is 1.55. The third-order valence-corrected chi connectivity index (χ3v) is 8.76. The van der Waals surface area contributed by atoms with Crippen LogP contribution in [0.4, 0.5) is 0 Å². The van der Waals surface area contributed by atoms with Crippen LogP contribution in [0.15, 0.2) is 105 Å². The average molecular weight is 559 g/mol. The van der Waals surface area contributed by atoms with Crippen LogP contribution < -0.4 is 19.6 Å². The molecule has 2 aliphatic rings. The molecule has 0 unspecified atom stereocenters. The van der Waals surface area contributed by atoms with Gasteiger partial charge in [0.2, 0.25) is 0 Å². The lowest BCUT2D eigenvalue weighted by molar-refractivity contribution is 0.101. The second kappa shape index (κ2) is 10.0. The SMILES string of the molecule is COc1ccc([C@H]2C3=C(N=c4s/c(=C\c5ccc(-c6ccc(C(C)=O)cc6)o5)c(=O)n42)c2ccccc2CC3)cc1. The highest BCUT2D eigenvalue weighted by atomic mass is 32.1. The summed E-state index contributed by atoms with van der Waals surface area (Å²) in [7, 11) is 1.65. The van der Waals surface area contributed by atoms with Gasteiger partial charge in [-0.3, -0.25) is 14.2 Å². The van der Waals surface area contributed by atoms with Crippen molar-refractivity contribution in [3.63, 3.8) is 0 Å². The maximum atomic E-state index is 14.0. The van der Waals surface area contributed by atoms with E-state index in [0.29, 0.717) is 26.4 Å². The number of carbonyl (C=O) groups excluding carboxylic acids is 1. The molecule has 0 fully saturated rings. The number of hydrogen-bond acceptors (Lipinski definition) is 6. The van der Waals surface area contributed by atoms with Gasteiger partial charge < -0.3 is 9.15 Å². The van der Waals surface area contributed by atoms with Crippen LogP contribution in [0.1, 0.15) is 52.2 Å². The van der Waals surface area contributed by atoms with Crippen molar-refractivity contribution in [3.05, 3.63) is 138 Å². The van der Waals surface area contributed by atoms with Crippen LogP contribution in [0.2, 0.25) is 0 Å². The zero-order valence-corrected chi connectivity index (χ0v) is 23.4. The molecule has 0 spiro atoms. The number of methoxy groups -OCH3 is 1. The van der Waals surface area contributed by atoms with Gasteiger partial charge in [-0.2, -0.15) is 0 Å². The number of rotatable bonds is 5. The minimum Gasteiger partial charge on any atom is -0.497 e. The highest BCUT2D eigenvalue weighted by Gasteiger charge is 2.32. The van der Waals surface area contributed by atoms with E-state index in [0.717, 1.165) is 46.6 Å². The topological polar surface area (TPSA) is 73.8 Å². The Labute approximate surface area is 240 Å². The standard InChI is InChI=1S/C34H26N2O4S/c1-20(37)21-7-9-23(10-8-21)29-18-16-26(40-29)19-30-33(38)36-32(24-11-14-25(39-2)15-12-24)28-17-13-22-5-3-4-6-27(22)31(28)35-34(36)41-30/h3-12,14-16,18-19,32H,13,17H2,1-2H3/b30-19-/t32-/m0/s1. The summed E-state index contributed by atoms with van der Waals surface area (Å²) in [5, 5.41) is 0. The smallest absolute Gasteiger partial charge is 0.271 e. The zero-order valence-electron chi connectivity index (χ0n) is 22.6. The van der Waals surface area contributed by atoms with Crippen molar-refractivity contribution in [2.75, 3.05) is 7.11 Å². The second-order valence-corrected chi connectivity index (χ2v) is 11.2. The summed E-state index contributed by atoms with van der Waals surface area (Å²) in [6, 6.07) is 27.1. The lowest BCUT2D eigenvalue weighted by Gasteiger charge is -2.30. The van der Waals surface area contributed by atoms with Crippen LogP contribution in [0, 0.1) is 0 Å². The van der Waals surface area contributed by atoms with Crippen LogP contribution in [0.25, 0.3) is 23.1 Å². The lowest BCUT2D eigenvalue weighted by atomic mass is 9.83. The molecule has 1 atom stereocenters. The molecule has 41 heavy (non-hydrogen) atoms. The third-order valence-electron chi connectivity index (χ3n) is 7.78. The number of furan rings is 1. The van der Waals surface area contributed by atoms with Crippen LogP contribution in [-0.4, -0.2) is 17.5 Å². The van der Waals surface area contributed by atoms with Crippen LogP contribution in [-0.2, 0) is 6.42 Å². The van der Waals surface area contributed by atoms with Crippen molar-refractivity contribution >= 4 is 28.9 Å². The number of hydrogen-bond donors (Lipinski definition) is 0. The van der Waals surface area contributed by atoms with Gasteiger partial charge >= 0.3 is 0 Å². The van der Waals surface area contributed by atoms with E-state index >= 15 is 0 Å². The van der Waals surface area contributed by atoms with Gasteiger partial charge in [0.15, 0.2) is 10.6 Å². The first-order valence-corrected chi connectivity index (χ1v) is 14.3. The molecule has 1 aliphatic heterocycles. The molecule has 0 N–H and O–H groups in total. The third kappa shape index (κ3) is 4.39. The first kappa shape index (κ1) is 25.2. The number of thiazole rings is 1. The maximum absolute atomic E-state index is 14.0. The van der Waals surface area contributed by atoms with Crippen molar-refractivity contribution in [3.8, 4) is 17.1 Å². The number of nitrogens with zero attached hydrogens (tertiary/aromatic N) is 2. The molecule has 7 heteroatoms. The Balaban J connectivity index is 1.35. The molecule has 0 saturated carbocycles. The van der Waals surface area contributed by atoms with E-state index in [2.05, 4.69) is 18.2 Å². The largest absolute Gasteiger partial charge is 0.497 e. The lowest BCUT2D eigenvalue weighted by Crippen LogP contribution is -2.38. The van der Waals surface area contributed by atoms with E-state index in [9.17, 15) is 9.59 Å². The van der Waals surface area contributed by atoms with Gasteiger partial charge in [-0.05, 0) is 60.7 Å². The van der Waals surface area contributed by atoms with Crippen molar-refractivity contribution in [1.82, 2.24) is 4.57 Å². The number of aryl methyl sites for hydroxylation is 1. The molecular formula is C34H26N2O4S. The molecule has 0 radical (unpaired) electrons. The average Bonchev–Trinajstić information content (AvgIpc) is 3.60. The predicted octanol–water partition coefficient (Wildman–Crippen LogP) is 5.79. The molecule has 5 aromatic rings. The molecular weight excluding hydrogens is 532 g/mol. The van der Waals surface area contributed by atoms with E-state index in [-0.39, 0.29) is 17.4 Å². The molecule has 0 bridgehead atoms. The number of aromatic nitrogens is 1. The molecule has 3 aromatic carbocycles. The predicted molar refractivity (Wildman–Crippen MR) is 160 cm³/mol. The van der Waals surface area contributed by atoms with E-state index in [1.165, 1.54) is 16.9 Å².